The first-order valence-electron chi connectivity index (χ1n) is 5.56. The van der Waals surface area contributed by atoms with Gasteiger partial charge < -0.3 is 21.5 Å². The maximum absolute atomic E-state index is 11.5. The number of nitrogens with one attached hydrogen (secondary N) is 2. The average molecular weight is 265 g/mol. The number of carbonyl (C=O) groups excluding carboxylic acids is 2. The van der Waals surface area contributed by atoms with E-state index in [1.807, 2.05) is 0 Å². The van der Waals surface area contributed by atoms with Gasteiger partial charge in [-0.3, -0.25) is 14.4 Å². The number of carboxylic acids is 1. The van der Waals surface area contributed by atoms with Gasteiger partial charge >= 0.3 is 5.97 Å². The van der Waals surface area contributed by atoms with Crippen molar-refractivity contribution in [1.82, 2.24) is 5.32 Å². The van der Waals surface area contributed by atoms with Crippen LogP contribution in [-0.2, 0) is 9.59 Å². The highest BCUT2D eigenvalue weighted by Crippen LogP contribution is 2.09. The quantitative estimate of drug-likeness (QED) is 0.586. The van der Waals surface area contributed by atoms with Crippen LogP contribution in [-0.4, -0.2) is 35.5 Å². The predicted octanol–water partition coefficient (Wildman–Crippen LogP) is -0.213. The molecule has 0 aliphatic rings. The van der Waals surface area contributed by atoms with Gasteiger partial charge in [-0.1, -0.05) is 0 Å². The number of anilines is 1. The molecular formula is C12H15N3O4. The number of benzene rings is 1. The zero-order chi connectivity index (χ0) is 14.4. The summed E-state index contributed by atoms with van der Waals surface area (Å²) in [5.41, 5.74) is 6.21. The monoisotopic (exact) mass is 265 g/mol. The maximum atomic E-state index is 11.5. The smallest absolute Gasteiger partial charge is 0.322 e. The van der Waals surface area contributed by atoms with Crippen molar-refractivity contribution >= 4 is 23.5 Å². The van der Waals surface area contributed by atoms with Crippen LogP contribution in [0.1, 0.15) is 17.3 Å². The molecule has 2 amide bonds. The van der Waals surface area contributed by atoms with Gasteiger partial charge in [0, 0.05) is 11.3 Å². The summed E-state index contributed by atoms with van der Waals surface area (Å²) in [6.45, 7) is 1.12. The Hall–Kier alpha value is -2.41. The summed E-state index contributed by atoms with van der Waals surface area (Å²) in [6, 6.07) is 5.41. The van der Waals surface area contributed by atoms with E-state index in [9.17, 15) is 14.4 Å². The van der Waals surface area contributed by atoms with Crippen LogP contribution in [0.4, 0.5) is 5.69 Å². The van der Waals surface area contributed by atoms with Crippen LogP contribution < -0.4 is 16.4 Å². The zero-order valence-electron chi connectivity index (χ0n) is 10.3. The first kappa shape index (κ1) is 14.7. The number of hydrogen-bond donors (Lipinski definition) is 4. The number of hydrogen-bond acceptors (Lipinski definition) is 4. The first-order valence-corrected chi connectivity index (χ1v) is 5.56. The third-order valence-electron chi connectivity index (χ3n) is 2.23. The van der Waals surface area contributed by atoms with Crippen LogP contribution in [0.3, 0.4) is 0 Å². The van der Waals surface area contributed by atoms with Crippen molar-refractivity contribution in [3.8, 4) is 0 Å². The van der Waals surface area contributed by atoms with Crippen LogP contribution in [0.25, 0.3) is 0 Å². The van der Waals surface area contributed by atoms with Crippen LogP contribution >= 0.6 is 0 Å². The van der Waals surface area contributed by atoms with Crippen LogP contribution in [0.5, 0.6) is 0 Å². The van der Waals surface area contributed by atoms with E-state index in [-0.39, 0.29) is 5.91 Å². The number of aliphatic carboxylic acids is 1. The van der Waals surface area contributed by atoms with Crippen molar-refractivity contribution in [1.29, 1.82) is 0 Å². The van der Waals surface area contributed by atoms with Crippen LogP contribution in [0.2, 0.25) is 0 Å². The number of carbonyl (C=O) groups is 3. The molecule has 0 radical (unpaired) electrons. The van der Waals surface area contributed by atoms with Crippen molar-refractivity contribution in [3.05, 3.63) is 29.8 Å². The highest BCUT2D eigenvalue weighted by atomic mass is 16.4. The van der Waals surface area contributed by atoms with Gasteiger partial charge in [0.05, 0.1) is 6.04 Å². The van der Waals surface area contributed by atoms with E-state index in [4.69, 9.17) is 10.8 Å². The van der Waals surface area contributed by atoms with Gasteiger partial charge in [-0.15, -0.1) is 0 Å². The molecule has 1 aromatic carbocycles. The Kier molecular flexibility index (Phi) is 5.01. The molecule has 7 nitrogen and oxygen atoms in total. The van der Waals surface area contributed by atoms with Gasteiger partial charge in [0.1, 0.15) is 6.54 Å². The normalized spacial score (nSPS) is 11.5. The van der Waals surface area contributed by atoms with Crippen molar-refractivity contribution in [2.24, 2.45) is 5.73 Å². The number of amides is 2. The Balaban J connectivity index is 2.63. The van der Waals surface area contributed by atoms with Gasteiger partial charge in [-0.2, -0.15) is 0 Å². The summed E-state index contributed by atoms with van der Waals surface area (Å²) in [5.74, 6) is -1.94. The van der Waals surface area contributed by atoms with E-state index in [2.05, 4.69) is 10.6 Å². The summed E-state index contributed by atoms with van der Waals surface area (Å²) in [6.07, 6.45) is 0. The maximum Gasteiger partial charge on any atom is 0.322 e. The molecule has 0 aromatic heterocycles. The average Bonchev–Trinajstić information content (AvgIpc) is 2.36. The second-order valence-corrected chi connectivity index (χ2v) is 3.93. The molecule has 5 N–H and O–H groups in total. The van der Waals surface area contributed by atoms with Gasteiger partial charge in [0.25, 0.3) is 5.91 Å². The molecule has 0 aliphatic heterocycles. The van der Waals surface area contributed by atoms with Crippen molar-refractivity contribution < 1.29 is 19.5 Å². The van der Waals surface area contributed by atoms with E-state index in [0.29, 0.717) is 11.3 Å². The van der Waals surface area contributed by atoms with Gasteiger partial charge in [0.2, 0.25) is 5.91 Å². The third kappa shape index (κ3) is 4.76. The van der Waals surface area contributed by atoms with E-state index >= 15 is 0 Å². The lowest BCUT2D eigenvalue weighted by Gasteiger charge is -2.08. The topological polar surface area (TPSA) is 122 Å². The van der Waals surface area contributed by atoms with E-state index in [1.165, 1.54) is 24.3 Å². The number of nitrogens with two attached hydrogens (primary N) is 1. The molecule has 0 fully saturated rings. The Bertz CT molecular complexity index is 482. The summed E-state index contributed by atoms with van der Waals surface area (Å²) in [7, 11) is 0. The minimum absolute atomic E-state index is 0.306. The molecule has 1 atom stereocenters. The second kappa shape index (κ2) is 6.50. The van der Waals surface area contributed by atoms with E-state index in [1.54, 1.807) is 6.92 Å². The SMILES string of the molecule is CC(N)C(=O)Nc1ccc(C(=O)NCC(=O)O)cc1. The molecule has 102 valence electrons. The fraction of sp³-hybridized carbons (Fsp3) is 0.250. The van der Waals surface area contributed by atoms with Crippen molar-refractivity contribution in [2.45, 2.75) is 13.0 Å². The Morgan fingerprint density at radius 3 is 2.32 bits per heavy atom. The van der Waals surface area contributed by atoms with E-state index in [0.717, 1.165) is 0 Å². The number of rotatable bonds is 5. The molecule has 1 aromatic rings. The van der Waals surface area contributed by atoms with Gasteiger partial charge in [-0.25, -0.2) is 0 Å². The van der Waals surface area contributed by atoms with Crippen LogP contribution in [0, 0.1) is 0 Å². The third-order valence-corrected chi connectivity index (χ3v) is 2.23. The standard InChI is InChI=1S/C12H15N3O4/c1-7(13)11(18)15-9-4-2-8(3-5-9)12(19)14-6-10(16)17/h2-5,7H,6,13H2,1H3,(H,14,19)(H,15,18)(H,16,17). The Morgan fingerprint density at radius 1 is 1.26 bits per heavy atom. The molecule has 19 heavy (non-hydrogen) atoms. The molecule has 1 rings (SSSR count). The molecule has 0 aliphatic carbocycles. The van der Waals surface area contributed by atoms with E-state index < -0.39 is 24.5 Å². The molecule has 0 saturated carbocycles. The molecule has 0 spiro atoms. The fourth-order valence-electron chi connectivity index (χ4n) is 1.22. The Morgan fingerprint density at radius 2 is 1.84 bits per heavy atom. The lowest BCUT2D eigenvalue weighted by atomic mass is 10.2. The molecule has 1 unspecified atom stereocenters. The summed E-state index contributed by atoms with van der Waals surface area (Å²) in [5, 5.41) is 13.2. The van der Waals surface area contributed by atoms with Crippen molar-refractivity contribution in [3.63, 3.8) is 0 Å². The summed E-state index contributed by atoms with van der Waals surface area (Å²) >= 11 is 0. The summed E-state index contributed by atoms with van der Waals surface area (Å²) < 4.78 is 0. The highest BCUT2D eigenvalue weighted by Gasteiger charge is 2.09. The zero-order valence-corrected chi connectivity index (χ0v) is 10.3. The minimum Gasteiger partial charge on any atom is -0.480 e. The van der Waals surface area contributed by atoms with Gasteiger partial charge in [0.15, 0.2) is 0 Å². The predicted molar refractivity (Wildman–Crippen MR) is 68.7 cm³/mol. The van der Waals surface area contributed by atoms with Gasteiger partial charge in [-0.05, 0) is 31.2 Å². The second-order valence-electron chi connectivity index (χ2n) is 3.93. The highest BCUT2D eigenvalue weighted by molar-refractivity contribution is 5.97. The van der Waals surface area contributed by atoms with Crippen molar-refractivity contribution in [2.75, 3.05) is 11.9 Å². The molecular weight excluding hydrogens is 250 g/mol. The Labute approximate surface area is 109 Å². The summed E-state index contributed by atoms with van der Waals surface area (Å²) in [4.78, 5) is 33.1. The lowest BCUT2D eigenvalue weighted by Crippen LogP contribution is -2.32. The molecule has 0 saturated heterocycles. The lowest BCUT2D eigenvalue weighted by molar-refractivity contribution is -0.135. The van der Waals surface area contributed by atoms with Crippen LogP contribution in [0.15, 0.2) is 24.3 Å². The molecule has 0 bridgehead atoms. The fourth-order valence-corrected chi connectivity index (χ4v) is 1.22. The molecule has 0 heterocycles. The largest absolute Gasteiger partial charge is 0.480 e. The number of carboxylic acid groups (broad SMARTS) is 1. The molecule has 7 heteroatoms. The first-order chi connectivity index (χ1) is 8.90. The minimum atomic E-state index is -1.12.